The molecule has 6 radical (unpaired) electrons. The van der Waals surface area contributed by atoms with Gasteiger partial charge in [0.25, 0.3) is 0 Å². The summed E-state index contributed by atoms with van der Waals surface area (Å²) in [5.74, 6) is 0. The van der Waals surface area contributed by atoms with Crippen molar-refractivity contribution in [2.24, 2.45) is 0 Å². The van der Waals surface area contributed by atoms with E-state index in [0.29, 0.717) is 0 Å². The molecule has 6 heavy (non-hydrogen) atoms. The molecule has 0 atom stereocenters. The summed E-state index contributed by atoms with van der Waals surface area (Å²) in [4.78, 5) is 0. The Hall–Kier alpha value is 0.434. The van der Waals surface area contributed by atoms with E-state index in [0.717, 1.165) is 12.1 Å². The molecule has 0 saturated carbocycles. The minimum Gasteiger partial charge on any atom is -0.0638 e. The molecule has 0 aliphatic heterocycles. The maximum atomic E-state index is 3.37. The fourth-order valence-corrected chi connectivity index (χ4v) is 0.750. The Morgan fingerprint density at radius 2 is 1.17 bits per heavy atom. The lowest BCUT2D eigenvalue weighted by Gasteiger charge is -1.85. The van der Waals surface area contributed by atoms with E-state index in [2.05, 4.69) is 20.5 Å². The van der Waals surface area contributed by atoms with Crippen molar-refractivity contribution in [1.29, 1.82) is 0 Å². The molecule has 0 N–H and O–H groups in total. The van der Waals surface area contributed by atoms with Gasteiger partial charge >= 0.3 is 0 Å². The van der Waals surface area contributed by atoms with Crippen LogP contribution < -0.4 is 0 Å². The lowest BCUT2D eigenvalue weighted by Crippen LogP contribution is -1.71. The molecule has 0 aromatic heterocycles. The van der Waals surface area contributed by atoms with Gasteiger partial charge in [0.1, 0.15) is 0 Å². The molecule has 0 saturated heterocycles. The molecule has 0 aliphatic carbocycles. The first-order valence-corrected chi connectivity index (χ1v) is 3.62. The van der Waals surface area contributed by atoms with Crippen molar-refractivity contribution in [3.63, 3.8) is 0 Å². The third-order valence-electron chi connectivity index (χ3n) is 0.604. The molecular formula is C4H8Si2. The Bertz CT molecular complexity index is 17.5. The monoisotopic (exact) mass is 112 g/mol. The molecule has 0 unspecified atom stereocenters. The fraction of sp³-hybridized carbons (Fsp3) is 1.00. The fourth-order valence-electron chi connectivity index (χ4n) is 0.250. The third kappa shape index (κ3) is 4.43. The first-order chi connectivity index (χ1) is 2.91. The van der Waals surface area contributed by atoms with Crippen LogP contribution in [0, 0.1) is 0 Å². The van der Waals surface area contributed by atoms with Crippen molar-refractivity contribution in [3.05, 3.63) is 0 Å². The minimum absolute atomic E-state index is 1.13. The van der Waals surface area contributed by atoms with E-state index in [4.69, 9.17) is 0 Å². The van der Waals surface area contributed by atoms with Gasteiger partial charge in [-0.2, -0.15) is 0 Å². The summed E-state index contributed by atoms with van der Waals surface area (Å²) in [5, 5.41) is 0. The van der Waals surface area contributed by atoms with Crippen molar-refractivity contribution >= 4 is 20.5 Å². The Balaban J connectivity index is 2.34. The van der Waals surface area contributed by atoms with Crippen molar-refractivity contribution in [2.75, 3.05) is 0 Å². The number of unbranched alkanes of at least 4 members (excludes halogenated alkanes) is 1. The molecule has 0 nitrogen and oxygen atoms in total. The maximum absolute atomic E-state index is 3.37. The van der Waals surface area contributed by atoms with Gasteiger partial charge in [-0.05, 0) is 0 Å². The Morgan fingerprint density at radius 3 is 1.33 bits per heavy atom. The lowest BCUT2D eigenvalue weighted by atomic mass is 10.4. The SMILES string of the molecule is [Si]CCCC[Si]. The van der Waals surface area contributed by atoms with Crippen LogP contribution in [-0.4, -0.2) is 20.5 Å². The number of hydrogen-bond acceptors (Lipinski definition) is 0. The molecule has 0 aromatic carbocycles. The van der Waals surface area contributed by atoms with Crippen LogP contribution in [0.15, 0.2) is 0 Å². The van der Waals surface area contributed by atoms with Gasteiger partial charge in [0.05, 0.1) is 0 Å². The molecule has 2 heteroatoms. The Morgan fingerprint density at radius 1 is 0.833 bits per heavy atom. The summed E-state index contributed by atoms with van der Waals surface area (Å²) in [7, 11) is 6.74. The number of hydrogen-bond donors (Lipinski definition) is 0. The van der Waals surface area contributed by atoms with Crippen molar-refractivity contribution in [2.45, 2.75) is 24.9 Å². The predicted molar refractivity (Wildman–Crippen MR) is 30.4 cm³/mol. The first kappa shape index (κ1) is 6.43. The second-order valence-corrected chi connectivity index (χ2v) is 2.21. The zero-order chi connectivity index (χ0) is 4.83. The van der Waals surface area contributed by atoms with Gasteiger partial charge in [0.2, 0.25) is 0 Å². The normalized spacial score (nSPS) is 9.00. The average molecular weight is 112 g/mol. The van der Waals surface area contributed by atoms with E-state index in [1.54, 1.807) is 0 Å². The first-order valence-electron chi connectivity index (χ1n) is 2.21. The largest absolute Gasteiger partial charge is 0.0638 e. The zero-order valence-corrected chi connectivity index (χ0v) is 5.83. The second kappa shape index (κ2) is 5.43. The van der Waals surface area contributed by atoms with Gasteiger partial charge in [-0.15, -0.1) is 0 Å². The predicted octanol–water partition coefficient (Wildman–Crippen LogP) is 0.940. The van der Waals surface area contributed by atoms with Gasteiger partial charge < -0.3 is 0 Å². The Labute approximate surface area is 46.2 Å². The molecule has 0 aliphatic rings. The van der Waals surface area contributed by atoms with Crippen molar-refractivity contribution in [1.82, 2.24) is 0 Å². The molecule has 0 fully saturated rings. The van der Waals surface area contributed by atoms with E-state index in [-0.39, 0.29) is 0 Å². The highest BCUT2D eigenvalue weighted by molar-refractivity contribution is 6.09. The highest BCUT2D eigenvalue weighted by Crippen LogP contribution is 1.93. The molecule has 0 bridgehead atoms. The lowest BCUT2D eigenvalue weighted by molar-refractivity contribution is 0.881. The van der Waals surface area contributed by atoms with Crippen LogP contribution in [0.4, 0.5) is 0 Å². The molecule has 0 heterocycles. The van der Waals surface area contributed by atoms with Crippen LogP contribution in [-0.2, 0) is 0 Å². The highest BCUT2D eigenvalue weighted by Gasteiger charge is 1.75. The van der Waals surface area contributed by atoms with Gasteiger partial charge in [0.15, 0.2) is 0 Å². The van der Waals surface area contributed by atoms with Crippen molar-refractivity contribution < 1.29 is 0 Å². The summed E-state index contributed by atoms with van der Waals surface area (Å²) in [6.45, 7) is 0. The molecule has 0 amide bonds. The van der Waals surface area contributed by atoms with Crippen LogP contribution in [0.3, 0.4) is 0 Å². The average Bonchev–Trinajstić information content (AvgIpc) is 1.61. The van der Waals surface area contributed by atoms with Crippen LogP contribution >= 0.6 is 0 Å². The van der Waals surface area contributed by atoms with E-state index in [1.165, 1.54) is 12.8 Å². The molecule has 0 spiro atoms. The van der Waals surface area contributed by atoms with Gasteiger partial charge in [-0.25, -0.2) is 0 Å². The standard InChI is InChI=1S/C4H8Si2/c5-3-1-2-4-6/h1-4H2. The molecule has 32 valence electrons. The third-order valence-corrected chi connectivity index (χ3v) is 1.31. The summed E-state index contributed by atoms with van der Waals surface area (Å²) in [6.07, 6.45) is 2.56. The van der Waals surface area contributed by atoms with Gasteiger partial charge in [-0.3, -0.25) is 0 Å². The molecular weight excluding hydrogens is 104 g/mol. The summed E-state index contributed by atoms with van der Waals surface area (Å²) < 4.78 is 0. The van der Waals surface area contributed by atoms with Crippen LogP contribution in [0.2, 0.25) is 12.1 Å². The van der Waals surface area contributed by atoms with E-state index in [1.807, 2.05) is 0 Å². The summed E-state index contributed by atoms with van der Waals surface area (Å²) in [5.41, 5.74) is 0. The van der Waals surface area contributed by atoms with Crippen LogP contribution in [0.5, 0.6) is 0 Å². The highest BCUT2D eigenvalue weighted by atomic mass is 28.1. The van der Waals surface area contributed by atoms with E-state index in [9.17, 15) is 0 Å². The maximum Gasteiger partial charge on any atom is 0.0222 e. The summed E-state index contributed by atoms with van der Waals surface area (Å²) >= 11 is 0. The molecule has 0 aromatic rings. The molecule has 0 rings (SSSR count). The minimum atomic E-state index is 1.13. The topological polar surface area (TPSA) is 0 Å². The second-order valence-electron chi connectivity index (χ2n) is 1.21. The zero-order valence-electron chi connectivity index (χ0n) is 3.83. The van der Waals surface area contributed by atoms with Gasteiger partial charge in [0, 0.05) is 20.5 Å². The van der Waals surface area contributed by atoms with Crippen molar-refractivity contribution in [3.8, 4) is 0 Å². The van der Waals surface area contributed by atoms with Crippen LogP contribution in [0.1, 0.15) is 12.8 Å². The van der Waals surface area contributed by atoms with E-state index < -0.39 is 0 Å². The van der Waals surface area contributed by atoms with Crippen LogP contribution in [0.25, 0.3) is 0 Å². The van der Waals surface area contributed by atoms with Gasteiger partial charge in [-0.1, -0.05) is 24.9 Å². The van der Waals surface area contributed by atoms with E-state index >= 15 is 0 Å². The summed E-state index contributed by atoms with van der Waals surface area (Å²) in [6, 6.07) is 2.26. The quantitative estimate of drug-likeness (QED) is 0.376. The number of rotatable bonds is 3. The Kier molecular flexibility index (Phi) is 5.83. The smallest absolute Gasteiger partial charge is 0.0222 e.